The van der Waals surface area contributed by atoms with Crippen molar-refractivity contribution in [1.29, 1.82) is 0 Å². The van der Waals surface area contributed by atoms with E-state index in [1.165, 1.54) is 0 Å². The number of anilines is 1. The van der Waals surface area contributed by atoms with Gasteiger partial charge in [0.2, 0.25) is 0 Å². The average molecular weight is 263 g/mol. The van der Waals surface area contributed by atoms with Gasteiger partial charge in [0, 0.05) is 19.6 Å². The molecule has 5 heteroatoms. The lowest BCUT2D eigenvalue weighted by Crippen LogP contribution is -2.50. The lowest BCUT2D eigenvalue weighted by atomic mass is 10.1. The Morgan fingerprint density at radius 3 is 3.00 bits per heavy atom. The summed E-state index contributed by atoms with van der Waals surface area (Å²) in [6, 6.07) is 5.47. The Morgan fingerprint density at radius 2 is 2.32 bits per heavy atom. The van der Waals surface area contributed by atoms with Gasteiger partial charge in [-0.1, -0.05) is 6.07 Å². The Kier molecular flexibility index (Phi) is 4.04. The summed E-state index contributed by atoms with van der Waals surface area (Å²) in [5.74, 6) is 0.706. The van der Waals surface area contributed by atoms with E-state index >= 15 is 0 Å². The maximum Gasteiger partial charge on any atom is 0.272 e. The van der Waals surface area contributed by atoms with Crippen LogP contribution in [0.1, 0.15) is 31.3 Å². The third-order valence-electron chi connectivity index (χ3n) is 3.04. The molecule has 104 valence electrons. The Hall–Kier alpha value is -1.62. The molecule has 0 atom stereocenters. The van der Waals surface area contributed by atoms with E-state index in [1.54, 1.807) is 6.07 Å². The maximum absolute atomic E-state index is 12.4. The molecule has 1 aromatic rings. The summed E-state index contributed by atoms with van der Waals surface area (Å²) in [5, 5.41) is 3.12. The molecule has 1 saturated heterocycles. The van der Waals surface area contributed by atoms with Crippen molar-refractivity contribution in [3.05, 3.63) is 23.9 Å². The lowest BCUT2D eigenvalue weighted by molar-refractivity contribution is -0.0765. The van der Waals surface area contributed by atoms with Gasteiger partial charge in [-0.3, -0.25) is 4.79 Å². The number of pyridine rings is 1. The van der Waals surface area contributed by atoms with Gasteiger partial charge in [0.05, 0.1) is 12.2 Å². The van der Waals surface area contributed by atoms with Crippen LogP contribution in [0, 0.1) is 0 Å². The topological polar surface area (TPSA) is 54.5 Å². The summed E-state index contributed by atoms with van der Waals surface area (Å²) >= 11 is 0. The second-order valence-electron chi connectivity index (χ2n) is 5.27. The molecule has 0 bridgehead atoms. The van der Waals surface area contributed by atoms with Crippen molar-refractivity contribution in [1.82, 2.24) is 9.88 Å². The first-order valence-electron chi connectivity index (χ1n) is 6.66. The van der Waals surface area contributed by atoms with Gasteiger partial charge >= 0.3 is 0 Å². The quantitative estimate of drug-likeness (QED) is 0.903. The smallest absolute Gasteiger partial charge is 0.272 e. The number of nitrogens with zero attached hydrogens (tertiary/aromatic N) is 2. The van der Waals surface area contributed by atoms with Crippen LogP contribution in [0.3, 0.4) is 0 Å². The van der Waals surface area contributed by atoms with E-state index in [4.69, 9.17) is 4.74 Å². The molecule has 0 unspecified atom stereocenters. The van der Waals surface area contributed by atoms with Crippen LogP contribution in [-0.4, -0.2) is 47.6 Å². The van der Waals surface area contributed by atoms with E-state index in [-0.39, 0.29) is 11.5 Å². The van der Waals surface area contributed by atoms with E-state index in [2.05, 4.69) is 10.3 Å². The number of rotatable bonds is 3. The minimum Gasteiger partial charge on any atom is -0.372 e. The highest BCUT2D eigenvalue weighted by Gasteiger charge is 2.30. The van der Waals surface area contributed by atoms with Gasteiger partial charge in [-0.05, 0) is 32.9 Å². The minimum absolute atomic E-state index is 0.0314. The largest absolute Gasteiger partial charge is 0.372 e. The van der Waals surface area contributed by atoms with Crippen LogP contribution in [0.2, 0.25) is 0 Å². The van der Waals surface area contributed by atoms with Crippen molar-refractivity contribution in [3.8, 4) is 0 Å². The highest BCUT2D eigenvalue weighted by molar-refractivity contribution is 5.92. The number of ether oxygens (including phenoxy) is 1. The number of carbonyl (C=O) groups excluding carboxylic acids is 1. The molecular weight excluding hydrogens is 242 g/mol. The number of morpholine rings is 1. The number of aromatic nitrogens is 1. The molecule has 0 saturated carbocycles. The average Bonchev–Trinajstić information content (AvgIpc) is 2.37. The summed E-state index contributed by atoms with van der Waals surface area (Å²) in [6.07, 6.45) is 0. The number of amides is 1. The van der Waals surface area contributed by atoms with Crippen LogP contribution < -0.4 is 5.32 Å². The fraction of sp³-hybridized carbons (Fsp3) is 0.571. The molecule has 1 amide bonds. The summed E-state index contributed by atoms with van der Waals surface area (Å²) in [5.41, 5.74) is 0.198. The monoisotopic (exact) mass is 263 g/mol. The molecule has 19 heavy (non-hydrogen) atoms. The van der Waals surface area contributed by atoms with Gasteiger partial charge in [0.1, 0.15) is 11.5 Å². The van der Waals surface area contributed by atoms with Gasteiger partial charge in [-0.15, -0.1) is 0 Å². The Bertz CT molecular complexity index is 460. The first-order valence-corrected chi connectivity index (χ1v) is 6.66. The predicted octanol–water partition coefficient (Wildman–Crippen LogP) is 1.76. The molecule has 0 radical (unpaired) electrons. The van der Waals surface area contributed by atoms with Crippen LogP contribution in [-0.2, 0) is 4.74 Å². The third kappa shape index (κ3) is 3.44. The normalized spacial score (nSPS) is 18.2. The number of hydrogen-bond acceptors (Lipinski definition) is 4. The summed E-state index contributed by atoms with van der Waals surface area (Å²) in [6.45, 7) is 8.57. The molecule has 1 fully saturated rings. The summed E-state index contributed by atoms with van der Waals surface area (Å²) < 4.78 is 5.62. The van der Waals surface area contributed by atoms with Crippen LogP contribution in [0.4, 0.5) is 5.82 Å². The first kappa shape index (κ1) is 13.8. The molecule has 0 aromatic carbocycles. The molecule has 1 aliphatic heterocycles. The molecule has 0 spiro atoms. The molecule has 0 aliphatic carbocycles. The van der Waals surface area contributed by atoms with E-state index in [0.717, 1.165) is 12.4 Å². The molecule has 1 aliphatic rings. The molecule has 1 aromatic heterocycles. The van der Waals surface area contributed by atoms with E-state index in [1.807, 2.05) is 37.8 Å². The van der Waals surface area contributed by atoms with Gasteiger partial charge in [-0.2, -0.15) is 0 Å². The molecule has 1 N–H and O–H groups in total. The van der Waals surface area contributed by atoms with Crippen molar-refractivity contribution >= 4 is 11.7 Å². The molecule has 2 heterocycles. The number of carbonyl (C=O) groups is 1. The van der Waals surface area contributed by atoms with Crippen LogP contribution in [0.5, 0.6) is 0 Å². The predicted molar refractivity (Wildman–Crippen MR) is 74.3 cm³/mol. The Morgan fingerprint density at radius 1 is 1.53 bits per heavy atom. The van der Waals surface area contributed by atoms with Gasteiger partial charge in [0.15, 0.2) is 0 Å². The zero-order chi connectivity index (χ0) is 13.9. The van der Waals surface area contributed by atoms with E-state index in [9.17, 15) is 4.79 Å². The SMILES string of the molecule is CCNc1cccc(C(=O)N2CCOC(C)(C)C2)n1. The zero-order valence-electron chi connectivity index (χ0n) is 11.8. The summed E-state index contributed by atoms with van der Waals surface area (Å²) in [7, 11) is 0. The van der Waals surface area contributed by atoms with E-state index in [0.29, 0.717) is 25.4 Å². The van der Waals surface area contributed by atoms with Crippen molar-refractivity contribution in [2.45, 2.75) is 26.4 Å². The van der Waals surface area contributed by atoms with Crippen molar-refractivity contribution in [2.24, 2.45) is 0 Å². The van der Waals surface area contributed by atoms with Gasteiger partial charge < -0.3 is 15.0 Å². The fourth-order valence-corrected chi connectivity index (χ4v) is 2.19. The van der Waals surface area contributed by atoms with Crippen molar-refractivity contribution in [2.75, 3.05) is 31.6 Å². The highest BCUT2D eigenvalue weighted by Crippen LogP contribution is 2.18. The molecule has 5 nitrogen and oxygen atoms in total. The number of nitrogens with one attached hydrogen (secondary N) is 1. The van der Waals surface area contributed by atoms with Crippen LogP contribution >= 0.6 is 0 Å². The highest BCUT2D eigenvalue weighted by atomic mass is 16.5. The summed E-state index contributed by atoms with van der Waals surface area (Å²) in [4.78, 5) is 18.6. The Balaban J connectivity index is 2.12. The minimum atomic E-state index is -0.285. The van der Waals surface area contributed by atoms with Crippen molar-refractivity contribution < 1.29 is 9.53 Å². The van der Waals surface area contributed by atoms with Crippen LogP contribution in [0.25, 0.3) is 0 Å². The number of hydrogen-bond donors (Lipinski definition) is 1. The van der Waals surface area contributed by atoms with Gasteiger partial charge in [0.25, 0.3) is 5.91 Å². The standard InChI is InChI=1S/C14H21N3O2/c1-4-15-12-7-5-6-11(16-12)13(18)17-8-9-19-14(2,3)10-17/h5-7H,4,8-10H2,1-3H3,(H,15,16). The maximum atomic E-state index is 12.4. The van der Waals surface area contributed by atoms with Gasteiger partial charge in [-0.25, -0.2) is 4.98 Å². The zero-order valence-corrected chi connectivity index (χ0v) is 11.8. The van der Waals surface area contributed by atoms with E-state index < -0.39 is 0 Å². The van der Waals surface area contributed by atoms with Crippen molar-refractivity contribution in [3.63, 3.8) is 0 Å². The molecule has 2 rings (SSSR count). The Labute approximate surface area is 114 Å². The van der Waals surface area contributed by atoms with Crippen LogP contribution in [0.15, 0.2) is 18.2 Å². The second-order valence-corrected chi connectivity index (χ2v) is 5.27. The molecular formula is C14H21N3O2. The first-order chi connectivity index (χ1) is 9.02. The lowest BCUT2D eigenvalue weighted by Gasteiger charge is -2.38. The fourth-order valence-electron chi connectivity index (χ4n) is 2.19. The third-order valence-corrected chi connectivity index (χ3v) is 3.04. The second kappa shape index (κ2) is 5.57.